The molecule has 0 radical (unpaired) electrons. The van der Waals surface area contributed by atoms with Crippen molar-refractivity contribution in [3.63, 3.8) is 0 Å². The molecule has 2 rings (SSSR count). The molecule has 16 heavy (non-hydrogen) atoms. The molecule has 1 aliphatic heterocycles. The first kappa shape index (κ1) is 11.1. The van der Waals surface area contributed by atoms with Gasteiger partial charge in [-0.2, -0.15) is 4.98 Å². The van der Waals surface area contributed by atoms with Gasteiger partial charge in [-0.05, 0) is 13.3 Å². The fourth-order valence-corrected chi connectivity index (χ4v) is 1.76. The summed E-state index contributed by atoms with van der Waals surface area (Å²) in [5, 5.41) is 12.3. The Morgan fingerprint density at radius 1 is 1.69 bits per heavy atom. The molecular weight excluding hydrogens is 211 g/mol. The summed E-state index contributed by atoms with van der Waals surface area (Å²) in [6.07, 6.45) is 1.42. The molecule has 1 saturated heterocycles. The van der Waals surface area contributed by atoms with E-state index in [-0.39, 0.29) is 5.82 Å². The van der Waals surface area contributed by atoms with Crippen molar-refractivity contribution in [3.8, 4) is 0 Å². The SMILES string of the molecule is CCNc1ncc(F)c(N2CCC(O)C2)n1. The van der Waals surface area contributed by atoms with E-state index in [1.807, 2.05) is 6.92 Å². The van der Waals surface area contributed by atoms with Crippen molar-refractivity contribution in [1.29, 1.82) is 0 Å². The highest BCUT2D eigenvalue weighted by molar-refractivity contribution is 5.44. The molecule has 1 atom stereocenters. The number of nitrogens with one attached hydrogen (secondary N) is 1. The van der Waals surface area contributed by atoms with Crippen molar-refractivity contribution in [2.75, 3.05) is 29.9 Å². The third kappa shape index (κ3) is 2.21. The average Bonchev–Trinajstić information content (AvgIpc) is 2.68. The number of β-amino-alcohol motifs (C(OH)–C–C–N with tert-alkyl or cyclic N) is 1. The van der Waals surface area contributed by atoms with E-state index in [0.29, 0.717) is 32.0 Å². The second kappa shape index (κ2) is 4.61. The van der Waals surface area contributed by atoms with Gasteiger partial charge in [-0.3, -0.25) is 0 Å². The minimum Gasteiger partial charge on any atom is -0.391 e. The number of hydrogen-bond donors (Lipinski definition) is 2. The molecule has 1 fully saturated rings. The van der Waals surface area contributed by atoms with Crippen LogP contribution in [0.3, 0.4) is 0 Å². The number of hydrogen-bond acceptors (Lipinski definition) is 5. The number of nitrogens with zero attached hydrogens (tertiary/aromatic N) is 3. The molecule has 1 unspecified atom stereocenters. The van der Waals surface area contributed by atoms with Crippen LogP contribution in [0.25, 0.3) is 0 Å². The second-order valence-corrected chi connectivity index (χ2v) is 3.78. The lowest BCUT2D eigenvalue weighted by Gasteiger charge is -2.17. The molecule has 2 N–H and O–H groups in total. The first-order chi connectivity index (χ1) is 7.70. The van der Waals surface area contributed by atoms with E-state index in [1.54, 1.807) is 4.90 Å². The summed E-state index contributed by atoms with van der Waals surface area (Å²) in [5.74, 6) is 0.235. The van der Waals surface area contributed by atoms with E-state index < -0.39 is 11.9 Å². The Morgan fingerprint density at radius 3 is 3.12 bits per heavy atom. The Labute approximate surface area is 93.3 Å². The Balaban J connectivity index is 2.21. The topological polar surface area (TPSA) is 61.3 Å². The third-order valence-electron chi connectivity index (χ3n) is 2.52. The third-order valence-corrected chi connectivity index (χ3v) is 2.52. The summed E-state index contributed by atoms with van der Waals surface area (Å²) in [6, 6.07) is 0. The van der Waals surface area contributed by atoms with Crippen molar-refractivity contribution in [2.24, 2.45) is 0 Å². The normalized spacial score (nSPS) is 20.2. The Kier molecular flexibility index (Phi) is 3.19. The molecule has 0 spiro atoms. The largest absolute Gasteiger partial charge is 0.391 e. The van der Waals surface area contributed by atoms with Gasteiger partial charge in [0.1, 0.15) is 0 Å². The zero-order valence-corrected chi connectivity index (χ0v) is 9.15. The van der Waals surface area contributed by atoms with Gasteiger partial charge in [0, 0.05) is 19.6 Å². The molecule has 88 valence electrons. The molecule has 1 aliphatic rings. The number of anilines is 2. The molecule has 1 aromatic heterocycles. The molecule has 0 amide bonds. The lowest BCUT2D eigenvalue weighted by molar-refractivity contribution is 0.198. The zero-order chi connectivity index (χ0) is 11.5. The second-order valence-electron chi connectivity index (χ2n) is 3.78. The fourth-order valence-electron chi connectivity index (χ4n) is 1.76. The van der Waals surface area contributed by atoms with Crippen molar-refractivity contribution in [1.82, 2.24) is 9.97 Å². The Morgan fingerprint density at radius 2 is 2.50 bits per heavy atom. The summed E-state index contributed by atoms with van der Waals surface area (Å²) >= 11 is 0. The average molecular weight is 226 g/mol. The maximum atomic E-state index is 13.5. The van der Waals surface area contributed by atoms with Gasteiger partial charge in [0.05, 0.1) is 12.3 Å². The van der Waals surface area contributed by atoms with Crippen molar-refractivity contribution in [2.45, 2.75) is 19.4 Å². The molecule has 2 heterocycles. The lowest BCUT2D eigenvalue weighted by Crippen LogP contribution is -2.24. The van der Waals surface area contributed by atoms with E-state index in [4.69, 9.17) is 0 Å². The fraction of sp³-hybridized carbons (Fsp3) is 0.600. The van der Waals surface area contributed by atoms with Crippen LogP contribution in [-0.2, 0) is 0 Å². The smallest absolute Gasteiger partial charge is 0.224 e. The molecule has 1 aromatic rings. The van der Waals surface area contributed by atoms with E-state index >= 15 is 0 Å². The van der Waals surface area contributed by atoms with Crippen LogP contribution in [0.1, 0.15) is 13.3 Å². The van der Waals surface area contributed by atoms with Gasteiger partial charge in [0.25, 0.3) is 0 Å². The first-order valence-electron chi connectivity index (χ1n) is 5.40. The first-order valence-corrected chi connectivity index (χ1v) is 5.40. The number of halogens is 1. The van der Waals surface area contributed by atoms with Crippen LogP contribution in [0.15, 0.2) is 6.20 Å². The molecule has 0 bridgehead atoms. The highest BCUT2D eigenvalue weighted by atomic mass is 19.1. The monoisotopic (exact) mass is 226 g/mol. The standard InChI is InChI=1S/C10H15FN4O/c1-2-12-10-13-5-8(11)9(14-10)15-4-3-7(16)6-15/h5,7,16H,2-4,6H2,1H3,(H,12,13,14). The van der Waals surface area contributed by atoms with Gasteiger partial charge in [-0.15, -0.1) is 0 Å². The summed E-state index contributed by atoms with van der Waals surface area (Å²) < 4.78 is 13.5. The summed E-state index contributed by atoms with van der Waals surface area (Å²) in [4.78, 5) is 9.67. The van der Waals surface area contributed by atoms with Gasteiger partial charge >= 0.3 is 0 Å². The quantitative estimate of drug-likeness (QED) is 0.791. The number of rotatable bonds is 3. The summed E-state index contributed by atoms with van der Waals surface area (Å²) in [7, 11) is 0. The van der Waals surface area contributed by atoms with Crippen LogP contribution in [0, 0.1) is 5.82 Å². The van der Waals surface area contributed by atoms with Gasteiger partial charge < -0.3 is 15.3 Å². The van der Waals surface area contributed by atoms with Crippen molar-refractivity contribution < 1.29 is 9.50 Å². The minimum atomic E-state index is -0.448. The maximum absolute atomic E-state index is 13.5. The Hall–Kier alpha value is -1.43. The van der Waals surface area contributed by atoms with Gasteiger partial charge in [0.2, 0.25) is 5.95 Å². The molecule has 5 nitrogen and oxygen atoms in total. The minimum absolute atomic E-state index is 0.266. The van der Waals surface area contributed by atoms with Crippen LogP contribution in [0.4, 0.5) is 16.2 Å². The summed E-state index contributed by atoms with van der Waals surface area (Å²) in [6.45, 7) is 3.67. The van der Waals surface area contributed by atoms with Gasteiger partial charge in [0.15, 0.2) is 11.6 Å². The summed E-state index contributed by atoms with van der Waals surface area (Å²) in [5.41, 5.74) is 0. The lowest BCUT2D eigenvalue weighted by atomic mass is 10.3. The molecular formula is C10H15FN4O. The highest BCUT2D eigenvalue weighted by Crippen LogP contribution is 2.21. The van der Waals surface area contributed by atoms with Crippen molar-refractivity contribution >= 4 is 11.8 Å². The van der Waals surface area contributed by atoms with Crippen LogP contribution in [0.2, 0.25) is 0 Å². The van der Waals surface area contributed by atoms with Crippen LogP contribution in [-0.4, -0.2) is 40.8 Å². The molecule has 0 aromatic carbocycles. The predicted molar refractivity (Wildman–Crippen MR) is 59.0 cm³/mol. The number of aliphatic hydroxyl groups is 1. The molecule has 6 heteroatoms. The van der Waals surface area contributed by atoms with Crippen LogP contribution >= 0.6 is 0 Å². The van der Waals surface area contributed by atoms with Crippen LogP contribution < -0.4 is 10.2 Å². The van der Waals surface area contributed by atoms with Crippen molar-refractivity contribution in [3.05, 3.63) is 12.0 Å². The zero-order valence-electron chi connectivity index (χ0n) is 9.15. The van der Waals surface area contributed by atoms with Gasteiger partial charge in [-0.1, -0.05) is 0 Å². The van der Waals surface area contributed by atoms with Gasteiger partial charge in [-0.25, -0.2) is 9.37 Å². The Bertz CT molecular complexity index is 374. The predicted octanol–water partition coefficient (Wildman–Crippen LogP) is 0.618. The van der Waals surface area contributed by atoms with Crippen LogP contribution in [0.5, 0.6) is 0 Å². The molecule has 0 aliphatic carbocycles. The van der Waals surface area contributed by atoms with E-state index in [1.165, 1.54) is 0 Å². The van der Waals surface area contributed by atoms with E-state index in [9.17, 15) is 9.50 Å². The number of aromatic nitrogens is 2. The number of aliphatic hydroxyl groups excluding tert-OH is 1. The molecule has 0 saturated carbocycles. The maximum Gasteiger partial charge on any atom is 0.224 e. The van der Waals surface area contributed by atoms with E-state index in [2.05, 4.69) is 15.3 Å². The van der Waals surface area contributed by atoms with E-state index in [0.717, 1.165) is 6.20 Å². The highest BCUT2D eigenvalue weighted by Gasteiger charge is 2.24.